The van der Waals surface area contributed by atoms with Crippen LogP contribution in [0.25, 0.3) is 27.1 Å². The average Bonchev–Trinajstić information content (AvgIpc) is 2.98. The first kappa shape index (κ1) is 15.2. The number of pyridine rings is 1. The monoisotopic (exact) mass is 324 g/mol. The molecule has 0 unspecified atom stereocenters. The van der Waals surface area contributed by atoms with Gasteiger partial charge in [-0.15, -0.1) is 0 Å². The number of aromatic nitrogens is 3. The van der Waals surface area contributed by atoms with Crippen LogP contribution in [0.3, 0.4) is 0 Å². The van der Waals surface area contributed by atoms with E-state index >= 15 is 0 Å². The second-order valence-corrected chi connectivity index (χ2v) is 5.60. The first-order valence-electron chi connectivity index (χ1n) is 7.02. The van der Waals surface area contributed by atoms with E-state index < -0.39 is 0 Å². The fourth-order valence-corrected chi connectivity index (χ4v) is 2.77. The first-order chi connectivity index (χ1) is 11.1. The van der Waals surface area contributed by atoms with Crippen molar-refractivity contribution in [1.29, 1.82) is 0 Å². The van der Waals surface area contributed by atoms with E-state index in [0.29, 0.717) is 34.8 Å². The van der Waals surface area contributed by atoms with Crippen molar-refractivity contribution >= 4 is 28.8 Å². The van der Waals surface area contributed by atoms with E-state index in [1.165, 1.54) is 0 Å². The topological polar surface area (TPSA) is 52.1 Å². The molecule has 1 aromatic carbocycles. The van der Waals surface area contributed by atoms with Gasteiger partial charge in [0.15, 0.2) is 6.29 Å². The number of hydrogen-bond acceptors (Lipinski definition) is 3. The summed E-state index contributed by atoms with van der Waals surface area (Å²) in [7, 11) is 1.87. The molecule has 2 aromatic heterocycles. The maximum Gasteiger partial charge on any atom is 0.218 e. The molecule has 0 atom stereocenters. The van der Waals surface area contributed by atoms with Crippen LogP contribution in [-0.2, 0) is 13.5 Å². The van der Waals surface area contributed by atoms with Crippen molar-refractivity contribution in [2.45, 2.75) is 6.42 Å². The number of benzene rings is 1. The number of rotatable bonds is 4. The minimum absolute atomic E-state index is 0.363. The van der Waals surface area contributed by atoms with Gasteiger partial charge in [-0.3, -0.25) is 4.79 Å². The summed E-state index contributed by atoms with van der Waals surface area (Å²) in [5, 5.41) is 1.31. The van der Waals surface area contributed by atoms with Crippen molar-refractivity contribution in [3.05, 3.63) is 58.3 Å². The van der Waals surface area contributed by atoms with Gasteiger partial charge < -0.3 is 9.41 Å². The Labute approximate surface area is 138 Å². The third-order valence-electron chi connectivity index (χ3n) is 3.71. The van der Waals surface area contributed by atoms with E-state index in [9.17, 15) is 4.79 Å². The van der Waals surface area contributed by atoms with E-state index in [2.05, 4.69) is 14.8 Å². The van der Waals surface area contributed by atoms with Crippen molar-refractivity contribution in [2.75, 3.05) is 6.54 Å². The number of imidazole rings is 1. The average molecular weight is 325 g/mol. The van der Waals surface area contributed by atoms with Crippen LogP contribution in [0.1, 0.15) is 15.9 Å². The van der Waals surface area contributed by atoms with E-state index in [1.807, 2.05) is 17.7 Å². The van der Waals surface area contributed by atoms with Crippen LogP contribution >= 0.6 is 11.6 Å². The molecule has 0 fully saturated rings. The largest absolute Gasteiger partial charge is 0.332 e. The highest BCUT2D eigenvalue weighted by atomic mass is 35.5. The lowest BCUT2D eigenvalue weighted by Crippen LogP contribution is -1.97. The van der Waals surface area contributed by atoms with Crippen LogP contribution < -0.4 is 0 Å². The maximum absolute atomic E-state index is 11.5. The van der Waals surface area contributed by atoms with Crippen molar-refractivity contribution < 1.29 is 4.79 Å². The summed E-state index contributed by atoms with van der Waals surface area (Å²) >= 11 is 6.29. The Kier molecular flexibility index (Phi) is 4.09. The summed E-state index contributed by atoms with van der Waals surface area (Å²) < 4.78 is 1.84. The lowest BCUT2D eigenvalue weighted by molar-refractivity contribution is 0.112. The van der Waals surface area contributed by atoms with Crippen molar-refractivity contribution in [3.63, 3.8) is 0 Å². The minimum atomic E-state index is 0.363. The lowest BCUT2D eigenvalue weighted by atomic mass is 10.0. The number of halogens is 1. The number of hydrogen-bond donors (Lipinski definition) is 0. The Morgan fingerprint density at radius 2 is 2.22 bits per heavy atom. The van der Waals surface area contributed by atoms with E-state index in [0.717, 1.165) is 22.9 Å². The van der Waals surface area contributed by atoms with E-state index in [-0.39, 0.29) is 0 Å². The molecule has 6 heteroatoms. The molecule has 0 aliphatic carbocycles. The Morgan fingerprint density at radius 3 is 2.87 bits per heavy atom. The van der Waals surface area contributed by atoms with Gasteiger partial charge in [0.25, 0.3) is 0 Å². The lowest BCUT2D eigenvalue weighted by Gasteiger charge is -2.09. The molecule has 5 nitrogen and oxygen atoms in total. The third-order valence-corrected chi connectivity index (χ3v) is 4.06. The summed E-state index contributed by atoms with van der Waals surface area (Å²) in [5.41, 5.74) is 3.55. The standard InChI is InChI=1S/C17H13ClN4O/c1-19-4-3-11-5-13-12(9-23)6-16(17-8-20-10-22(17)2)21-15(13)7-14(11)18/h5-10H,3-4H2,2H3. The maximum atomic E-state index is 11.5. The zero-order valence-electron chi connectivity index (χ0n) is 12.5. The van der Waals surface area contributed by atoms with Crippen LogP contribution in [0.4, 0.5) is 0 Å². The Balaban J connectivity index is 2.21. The third kappa shape index (κ3) is 2.81. The second kappa shape index (κ2) is 6.19. The SMILES string of the molecule is [C-]#[N+]CCc1cc2c(C=O)cc(-c3cncn3C)nc2cc1Cl. The van der Waals surface area contributed by atoms with Crippen LogP contribution in [0.5, 0.6) is 0 Å². The van der Waals surface area contributed by atoms with Gasteiger partial charge in [0, 0.05) is 29.4 Å². The first-order valence-corrected chi connectivity index (χ1v) is 7.40. The van der Waals surface area contributed by atoms with Crippen LogP contribution in [0.15, 0.2) is 30.7 Å². The zero-order chi connectivity index (χ0) is 16.4. The molecular weight excluding hydrogens is 312 g/mol. The van der Waals surface area contributed by atoms with Crippen molar-refractivity contribution in [2.24, 2.45) is 7.05 Å². The molecule has 0 spiro atoms. The number of nitrogens with zero attached hydrogens (tertiary/aromatic N) is 4. The molecule has 0 saturated carbocycles. The van der Waals surface area contributed by atoms with Crippen LogP contribution in [0, 0.1) is 6.57 Å². The van der Waals surface area contributed by atoms with Gasteiger partial charge in [-0.25, -0.2) is 16.5 Å². The highest BCUT2D eigenvalue weighted by molar-refractivity contribution is 6.32. The van der Waals surface area contributed by atoms with Crippen LogP contribution in [-0.4, -0.2) is 27.4 Å². The Hall–Kier alpha value is -2.71. The van der Waals surface area contributed by atoms with Crippen LogP contribution in [0.2, 0.25) is 5.02 Å². The predicted octanol–water partition coefficient (Wildman–Crippen LogP) is 3.56. The Bertz CT molecular complexity index is 940. The minimum Gasteiger partial charge on any atom is -0.332 e. The number of aryl methyl sites for hydroxylation is 1. The van der Waals surface area contributed by atoms with Gasteiger partial charge in [0.2, 0.25) is 6.54 Å². The summed E-state index contributed by atoms with van der Waals surface area (Å²) in [6.07, 6.45) is 4.76. The van der Waals surface area contributed by atoms with E-state index in [1.54, 1.807) is 24.7 Å². The summed E-state index contributed by atoms with van der Waals surface area (Å²) in [4.78, 5) is 23.5. The molecule has 23 heavy (non-hydrogen) atoms. The molecule has 114 valence electrons. The molecule has 0 amide bonds. The zero-order valence-corrected chi connectivity index (χ0v) is 13.2. The molecular formula is C17H13ClN4O. The summed E-state index contributed by atoms with van der Waals surface area (Å²) in [6, 6.07) is 5.36. The molecule has 0 aliphatic rings. The molecule has 0 N–H and O–H groups in total. The number of aldehydes is 1. The summed E-state index contributed by atoms with van der Waals surface area (Å²) in [6.45, 7) is 7.26. The molecule has 3 rings (SSSR count). The molecule has 0 aliphatic heterocycles. The predicted molar refractivity (Wildman–Crippen MR) is 89.5 cm³/mol. The number of fused-ring (bicyclic) bond motifs is 1. The quantitative estimate of drug-likeness (QED) is 0.544. The van der Waals surface area contributed by atoms with Crippen molar-refractivity contribution in [1.82, 2.24) is 14.5 Å². The van der Waals surface area contributed by atoms with Gasteiger partial charge in [0.1, 0.15) is 0 Å². The molecule has 2 heterocycles. The van der Waals surface area contributed by atoms with Gasteiger partial charge in [-0.2, -0.15) is 0 Å². The Morgan fingerprint density at radius 1 is 1.39 bits per heavy atom. The van der Waals surface area contributed by atoms with Crippen molar-refractivity contribution in [3.8, 4) is 11.4 Å². The molecule has 0 radical (unpaired) electrons. The molecule has 0 saturated heterocycles. The van der Waals surface area contributed by atoms with Gasteiger partial charge in [0.05, 0.1) is 29.4 Å². The highest BCUT2D eigenvalue weighted by Gasteiger charge is 2.13. The van der Waals surface area contributed by atoms with Gasteiger partial charge in [-0.05, 0) is 23.8 Å². The smallest absolute Gasteiger partial charge is 0.218 e. The second-order valence-electron chi connectivity index (χ2n) is 5.20. The fourth-order valence-electron chi connectivity index (χ4n) is 2.52. The normalized spacial score (nSPS) is 10.7. The van der Waals surface area contributed by atoms with Gasteiger partial charge >= 0.3 is 0 Å². The number of carbonyl (C=O) groups is 1. The summed E-state index contributed by atoms with van der Waals surface area (Å²) in [5.74, 6) is 0. The van der Waals surface area contributed by atoms with Gasteiger partial charge in [-0.1, -0.05) is 11.6 Å². The molecule has 0 bridgehead atoms. The molecule has 3 aromatic rings. The number of carbonyl (C=O) groups excluding carboxylic acids is 1. The van der Waals surface area contributed by atoms with E-state index in [4.69, 9.17) is 18.2 Å². The highest BCUT2D eigenvalue weighted by Crippen LogP contribution is 2.28. The fraction of sp³-hybridized carbons (Fsp3) is 0.176.